The molecule has 39 heavy (non-hydrogen) atoms. The molecule has 1 aliphatic rings. The maximum atomic E-state index is 15.1. The number of halogens is 2. The number of ketones is 1. The Morgan fingerprint density at radius 2 is 1.87 bits per heavy atom. The second-order valence-corrected chi connectivity index (χ2v) is 9.99. The van der Waals surface area contributed by atoms with Crippen LogP contribution in [0.1, 0.15) is 24.8 Å². The van der Waals surface area contributed by atoms with E-state index in [0.717, 1.165) is 32.4 Å². The van der Waals surface area contributed by atoms with Crippen LogP contribution in [-0.4, -0.2) is 64.6 Å². The van der Waals surface area contributed by atoms with E-state index in [1.807, 2.05) is 23.9 Å². The molecule has 0 radical (unpaired) electrons. The molecule has 0 saturated carbocycles. The minimum absolute atomic E-state index is 0.0753. The van der Waals surface area contributed by atoms with E-state index in [0.29, 0.717) is 40.2 Å². The van der Waals surface area contributed by atoms with Crippen LogP contribution in [-0.2, 0) is 11.2 Å². The molecule has 3 heterocycles. The number of H-pyrrole nitrogens is 1. The molecule has 10 heteroatoms. The van der Waals surface area contributed by atoms with Gasteiger partial charge in [0.15, 0.2) is 11.4 Å². The van der Waals surface area contributed by atoms with Crippen LogP contribution >= 0.6 is 0 Å². The Hall–Kier alpha value is -4.18. The summed E-state index contributed by atoms with van der Waals surface area (Å²) >= 11 is 0. The number of fused-ring (bicyclic) bond motifs is 1. The minimum Gasteiger partial charge on any atom is -0.369 e. The lowest BCUT2D eigenvalue weighted by atomic mass is 10.0. The first kappa shape index (κ1) is 26.4. The Labute approximate surface area is 225 Å². The number of carbonyl (C=O) groups is 1. The van der Waals surface area contributed by atoms with E-state index < -0.39 is 5.82 Å². The van der Waals surface area contributed by atoms with Gasteiger partial charge in [-0.1, -0.05) is 12.1 Å². The van der Waals surface area contributed by atoms with Crippen molar-refractivity contribution in [3.8, 4) is 11.3 Å². The van der Waals surface area contributed by atoms with E-state index in [9.17, 15) is 9.18 Å². The maximum Gasteiger partial charge on any atom is 0.229 e. The summed E-state index contributed by atoms with van der Waals surface area (Å²) in [5, 5.41) is 10.6. The fraction of sp³-hybridized carbons (Fsp3) is 0.310. The van der Waals surface area contributed by atoms with Gasteiger partial charge in [0.05, 0.1) is 23.0 Å². The lowest BCUT2D eigenvalue weighted by Gasteiger charge is -2.29. The molecular formula is C29H31F2N7O. The Morgan fingerprint density at radius 1 is 1.08 bits per heavy atom. The number of allylic oxidation sites excluding steroid dienone is 1. The van der Waals surface area contributed by atoms with Gasteiger partial charge in [-0.05, 0) is 75.3 Å². The average molecular weight is 532 g/mol. The van der Waals surface area contributed by atoms with Gasteiger partial charge in [-0.25, -0.2) is 13.8 Å². The van der Waals surface area contributed by atoms with E-state index in [1.165, 1.54) is 12.1 Å². The van der Waals surface area contributed by atoms with Gasteiger partial charge in [0.1, 0.15) is 11.6 Å². The molecule has 0 atom stereocenters. The Morgan fingerprint density at radius 3 is 2.67 bits per heavy atom. The number of anilines is 3. The average Bonchev–Trinajstić information content (AvgIpc) is 3.39. The second-order valence-electron chi connectivity index (χ2n) is 9.99. The molecule has 0 spiro atoms. The van der Waals surface area contributed by atoms with Crippen molar-refractivity contribution in [3.05, 3.63) is 71.9 Å². The molecule has 0 bridgehead atoms. The normalized spacial score (nSPS) is 14.0. The molecule has 2 N–H and O–H groups in total. The number of nitrogens with zero attached hydrogens (tertiary/aromatic N) is 5. The third-order valence-electron chi connectivity index (χ3n) is 6.65. The van der Waals surface area contributed by atoms with Crippen LogP contribution < -0.4 is 10.2 Å². The van der Waals surface area contributed by atoms with E-state index in [4.69, 9.17) is 0 Å². The number of likely N-dealkylation sites (N-methyl/N-ethyl adjacent to an activating group) is 1. The van der Waals surface area contributed by atoms with Crippen LogP contribution in [0.5, 0.6) is 0 Å². The van der Waals surface area contributed by atoms with Gasteiger partial charge in [-0.2, -0.15) is 10.1 Å². The minimum atomic E-state index is -0.476. The second kappa shape index (κ2) is 11.7. The van der Waals surface area contributed by atoms with Crippen molar-refractivity contribution in [3.63, 3.8) is 0 Å². The summed E-state index contributed by atoms with van der Waals surface area (Å²) in [6.45, 7) is 2.28. The molecule has 1 aliphatic heterocycles. The van der Waals surface area contributed by atoms with E-state index in [-0.39, 0.29) is 29.5 Å². The van der Waals surface area contributed by atoms with Crippen molar-refractivity contribution in [1.82, 2.24) is 25.1 Å². The summed E-state index contributed by atoms with van der Waals surface area (Å²) in [7, 11) is 3.85. The molecule has 0 aliphatic carbocycles. The van der Waals surface area contributed by atoms with Crippen molar-refractivity contribution in [2.75, 3.05) is 43.9 Å². The number of benzene rings is 2. The molecule has 2 aromatic heterocycles. The third kappa shape index (κ3) is 6.28. The van der Waals surface area contributed by atoms with Gasteiger partial charge in [-0.3, -0.25) is 9.89 Å². The van der Waals surface area contributed by atoms with Gasteiger partial charge in [-0.15, -0.1) is 0 Å². The predicted octanol–water partition coefficient (Wildman–Crippen LogP) is 5.26. The number of hydrogen-bond donors (Lipinski definition) is 2. The first-order valence-electron chi connectivity index (χ1n) is 13.0. The molecule has 1 saturated heterocycles. The smallest absolute Gasteiger partial charge is 0.229 e. The van der Waals surface area contributed by atoms with E-state index >= 15 is 4.39 Å². The van der Waals surface area contributed by atoms with Gasteiger partial charge in [0, 0.05) is 37.3 Å². The van der Waals surface area contributed by atoms with Crippen molar-refractivity contribution < 1.29 is 13.6 Å². The molecule has 1 fully saturated rings. The number of hydrogen-bond acceptors (Lipinski definition) is 7. The molecule has 8 nitrogen and oxygen atoms in total. The summed E-state index contributed by atoms with van der Waals surface area (Å²) in [5.41, 5.74) is 2.82. The number of carbonyl (C=O) groups excluding carboxylic acids is 1. The Balaban J connectivity index is 1.45. The molecule has 0 amide bonds. The van der Waals surface area contributed by atoms with Crippen LogP contribution in [0.2, 0.25) is 0 Å². The molecule has 5 rings (SSSR count). The SMILES string of the molecule is CN(C)C/C=C/C(=O)Cc1ccc(F)c(-c2nc(Nc3ccc(F)c(N4CCCCC4)c3)nc3[nH]ncc23)c1. The predicted molar refractivity (Wildman–Crippen MR) is 149 cm³/mol. The number of nitrogens with one attached hydrogen (secondary N) is 2. The van der Waals surface area contributed by atoms with Crippen molar-refractivity contribution in [2.45, 2.75) is 25.7 Å². The zero-order valence-electron chi connectivity index (χ0n) is 22.0. The summed E-state index contributed by atoms with van der Waals surface area (Å²) in [6, 6.07) is 9.38. The first-order valence-corrected chi connectivity index (χ1v) is 13.0. The highest BCUT2D eigenvalue weighted by atomic mass is 19.1. The first-order chi connectivity index (χ1) is 18.9. The zero-order valence-corrected chi connectivity index (χ0v) is 22.0. The van der Waals surface area contributed by atoms with Crippen molar-refractivity contribution >= 4 is 34.1 Å². The number of aromatic amines is 1. The lowest BCUT2D eigenvalue weighted by Crippen LogP contribution is -2.30. The molecule has 2 aromatic carbocycles. The van der Waals surface area contributed by atoms with Gasteiger partial charge >= 0.3 is 0 Å². The summed E-state index contributed by atoms with van der Waals surface area (Å²) < 4.78 is 29.8. The Bertz CT molecular complexity index is 1510. The highest BCUT2D eigenvalue weighted by Crippen LogP contribution is 2.32. The van der Waals surface area contributed by atoms with E-state index in [2.05, 4.69) is 25.5 Å². The van der Waals surface area contributed by atoms with Crippen LogP contribution in [0.3, 0.4) is 0 Å². The third-order valence-corrected chi connectivity index (χ3v) is 6.65. The van der Waals surface area contributed by atoms with Crippen LogP contribution in [0, 0.1) is 11.6 Å². The summed E-state index contributed by atoms with van der Waals surface area (Å²) in [5.74, 6) is -0.618. The van der Waals surface area contributed by atoms with Crippen molar-refractivity contribution in [1.29, 1.82) is 0 Å². The molecule has 4 aromatic rings. The highest BCUT2D eigenvalue weighted by molar-refractivity contribution is 5.93. The monoisotopic (exact) mass is 531 g/mol. The van der Waals surface area contributed by atoms with Crippen LogP contribution in [0.25, 0.3) is 22.3 Å². The fourth-order valence-corrected chi connectivity index (χ4v) is 4.71. The molecular weight excluding hydrogens is 500 g/mol. The lowest BCUT2D eigenvalue weighted by molar-refractivity contribution is -0.114. The highest BCUT2D eigenvalue weighted by Gasteiger charge is 2.18. The topological polar surface area (TPSA) is 90.0 Å². The van der Waals surface area contributed by atoms with Crippen LogP contribution in [0.4, 0.5) is 26.1 Å². The van der Waals surface area contributed by atoms with Gasteiger partial charge < -0.3 is 15.1 Å². The summed E-state index contributed by atoms with van der Waals surface area (Å²) in [4.78, 5) is 25.6. The zero-order chi connectivity index (χ0) is 27.4. The Kier molecular flexibility index (Phi) is 7.92. The molecule has 0 unspecified atom stereocenters. The van der Waals surface area contributed by atoms with E-state index in [1.54, 1.807) is 42.6 Å². The van der Waals surface area contributed by atoms with Gasteiger partial charge in [0.25, 0.3) is 0 Å². The maximum absolute atomic E-state index is 15.1. The molecule has 202 valence electrons. The van der Waals surface area contributed by atoms with Crippen molar-refractivity contribution in [2.24, 2.45) is 0 Å². The summed E-state index contributed by atoms with van der Waals surface area (Å²) in [6.07, 6.45) is 8.24. The number of rotatable bonds is 9. The van der Waals surface area contributed by atoms with Crippen LogP contribution in [0.15, 0.2) is 54.7 Å². The standard InChI is InChI=1S/C29H31F2N7O/c1-37(2)12-6-7-21(39)15-19-8-10-24(30)22(16-19)27-23-18-32-36-28(23)35-29(34-27)33-20-9-11-25(31)26(17-20)38-13-4-3-5-14-38/h6-11,16-18H,3-5,12-15H2,1-2H3,(H2,32,33,34,35,36)/b7-6+. The largest absolute Gasteiger partial charge is 0.369 e. The number of piperidine rings is 1. The number of aromatic nitrogens is 4. The fourth-order valence-electron chi connectivity index (χ4n) is 4.71. The van der Waals surface area contributed by atoms with Gasteiger partial charge in [0.2, 0.25) is 5.95 Å². The quantitative estimate of drug-likeness (QED) is 0.285.